The number of aryl methyl sites for hydroxylation is 1. The van der Waals surface area contributed by atoms with Crippen molar-refractivity contribution in [2.45, 2.75) is 6.04 Å². The maximum atomic E-state index is 12.6. The molecule has 3 rings (SSSR count). The maximum absolute atomic E-state index is 12.6. The van der Waals surface area contributed by atoms with Crippen molar-refractivity contribution in [3.8, 4) is 0 Å². The van der Waals surface area contributed by atoms with Crippen molar-refractivity contribution in [2.75, 3.05) is 13.7 Å². The van der Waals surface area contributed by atoms with E-state index in [9.17, 15) is 4.79 Å². The van der Waals surface area contributed by atoms with Gasteiger partial charge in [-0.05, 0) is 18.2 Å². The topological polar surface area (TPSA) is 74.8 Å². The fourth-order valence-corrected chi connectivity index (χ4v) is 2.36. The Labute approximate surface area is 120 Å². The average Bonchev–Trinajstić information content (AvgIpc) is 2.92. The number of nitrogens with zero attached hydrogens (tertiary/aromatic N) is 5. The van der Waals surface area contributed by atoms with E-state index in [0.717, 1.165) is 5.69 Å². The zero-order valence-corrected chi connectivity index (χ0v) is 11.8. The molecule has 1 atom stereocenters. The third-order valence-electron chi connectivity index (χ3n) is 3.41. The zero-order chi connectivity index (χ0) is 14.8. The van der Waals surface area contributed by atoms with Crippen LogP contribution in [0.3, 0.4) is 0 Å². The summed E-state index contributed by atoms with van der Waals surface area (Å²) in [6.07, 6.45) is 4.81. The highest BCUT2D eigenvalue weighted by atomic mass is 16.5. The number of ether oxygens (including phenoxy) is 1. The predicted molar refractivity (Wildman–Crippen MR) is 77.0 cm³/mol. The van der Waals surface area contributed by atoms with Crippen molar-refractivity contribution < 1.29 is 4.74 Å². The molecule has 0 aliphatic rings. The maximum Gasteiger partial charge on any atom is 0.280 e. The smallest absolute Gasteiger partial charge is 0.280 e. The lowest BCUT2D eigenvalue weighted by molar-refractivity contribution is 0.164. The highest BCUT2D eigenvalue weighted by molar-refractivity contribution is 5.71. The second-order valence-electron chi connectivity index (χ2n) is 4.68. The summed E-state index contributed by atoms with van der Waals surface area (Å²) in [6.45, 7) is 0.347. The minimum atomic E-state index is -0.297. The standard InChI is InChI=1S/C14H15N5O2/c1-18-11(5-7-17-18)12(8-21-2)19-9-16-10-4-3-6-15-13(10)14(19)20/h3-7,9,12H,8H2,1-2H3/t12-/m1/s1. The van der Waals surface area contributed by atoms with E-state index in [1.807, 2.05) is 13.1 Å². The molecule has 0 aliphatic heterocycles. The first kappa shape index (κ1) is 13.4. The zero-order valence-electron chi connectivity index (χ0n) is 11.8. The molecule has 0 spiro atoms. The second-order valence-corrected chi connectivity index (χ2v) is 4.68. The summed E-state index contributed by atoms with van der Waals surface area (Å²) in [5.41, 5.74) is 1.61. The average molecular weight is 285 g/mol. The number of hydrogen-bond acceptors (Lipinski definition) is 5. The van der Waals surface area contributed by atoms with Crippen LogP contribution in [-0.4, -0.2) is 38.0 Å². The van der Waals surface area contributed by atoms with E-state index < -0.39 is 0 Å². The van der Waals surface area contributed by atoms with Gasteiger partial charge in [0.1, 0.15) is 6.04 Å². The van der Waals surface area contributed by atoms with Crippen LogP contribution in [0.4, 0.5) is 0 Å². The molecule has 0 aromatic carbocycles. The number of pyridine rings is 1. The van der Waals surface area contributed by atoms with Gasteiger partial charge in [-0.3, -0.25) is 14.0 Å². The lowest BCUT2D eigenvalue weighted by atomic mass is 10.2. The molecule has 7 nitrogen and oxygen atoms in total. The Morgan fingerprint density at radius 1 is 1.29 bits per heavy atom. The summed E-state index contributed by atoms with van der Waals surface area (Å²) in [4.78, 5) is 21.1. The van der Waals surface area contributed by atoms with Gasteiger partial charge in [0.25, 0.3) is 5.56 Å². The second kappa shape index (κ2) is 5.45. The Morgan fingerprint density at radius 2 is 2.14 bits per heavy atom. The van der Waals surface area contributed by atoms with E-state index in [0.29, 0.717) is 17.6 Å². The quantitative estimate of drug-likeness (QED) is 0.707. The van der Waals surface area contributed by atoms with Gasteiger partial charge >= 0.3 is 0 Å². The van der Waals surface area contributed by atoms with Crippen LogP contribution in [0.5, 0.6) is 0 Å². The van der Waals surface area contributed by atoms with Crippen molar-refractivity contribution in [3.05, 3.63) is 53.0 Å². The van der Waals surface area contributed by atoms with Gasteiger partial charge in [-0.15, -0.1) is 0 Å². The van der Waals surface area contributed by atoms with Crippen LogP contribution in [0.2, 0.25) is 0 Å². The van der Waals surface area contributed by atoms with Crippen LogP contribution in [-0.2, 0) is 11.8 Å². The molecule has 0 radical (unpaired) electrons. The minimum Gasteiger partial charge on any atom is -0.382 e. The van der Waals surface area contributed by atoms with E-state index in [-0.39, 0.29) is 11.6 Å². The number of aromatic nitrogens is 5. The molecule has 0 fully saturated rings. The molecule has 0 unspecified atom stereocenters. The lowest BCUT2D eigenvalue weighted by Crippen LogP contribution is -2.30. The van der Waals surface area contributed by atoms with E-state index >= 15 is 0 Å². The van der Waals surface area contributed by atoms with Gasteiger partial charge in [0.15, 0.2) is 5.52 Å². The number of methoxy groups -OCH3 is 1. The largest absolute Gasteiger partial charge is 0.382 e. The molecule has 0 saturated heterocycles. The number of fused-ring (bicyclic) bond motifs is 1. The van der Waals surface area contributed by atoms with Gasteiger partial charge < -0.3 is 4.74 Å². The molecular formula is C14H15N5O2. The normalized spacial score (nSPS) is 12.7. The van der Waals surface area contributed by atoms with Crippen molar-refractivity contribution in [3.63, 3.8) is 0 Å². The predicted octanol–water partition coefficient (Wildman–Crippen LogP) is 0.761. The molecule has 0 amide bonds. The van der Waals surface area contributed by atoms with Gasteiger partial charge in [0.05, 0.1) is 24.1 Å². The molecule has 108 valence electrons. The van der Waals surface area contributed by atoms with Crippen LogP contribution in [0, 0.1) is 0 Å². The van der Waals surface area contributed by atoms with Gasteiger partial charge in [-0.2, -0.15) is 5.10 Å². The first-order valence-corrected chi connectivity index (χ1v) is 6.51. The minimum absolute atomic E-state index is 0.191. The molecule has 0 saturated carbocycles. The van der Waals surface area contributed by atoms with Crippen LogP contribution in [0.1, 0.15) is 11.7 Å². The van der Waals surface area contributed by atoms with Crippen molar-refractivity contribution >= 4 is 11.0 Å². The molecule has 0 aliphatic carbocycles. The van der Waals surface area contributed by atoms with Gasteiger partial charge in [0.2, 0.25) is 0 Å². The van der Waals surface area contributed by atoms with Crippen LogP contribution in [0.25, 0.3) is 11.0 Å². The Kier molecular flexibility index (Phi) is 3.49. The third kappa shape index (κ3) is 2.31. The first-order valence-electron chi connectivity index (χ1n) is 6.51. The molecule has 0 N–H and O–H groups in total. The Hall–Kier alpha value is -2.54. The SMILES string of the molecule is COC[C@H](c1ccnn1C)n1cnc2cccnc2c1=O. The first-order chi connectivity index (χ1) is 10.2. The summed E-state index contributed by atoms with van der Waals surface area (Å²) in [7, 11) is 3.43. The highest BCUT2D eigenvalue weighted by Crippen LogP contribution is 2.16. The van der Waals surface area contributed by atoms with Crippen molar-refractivity contribution in [2.24, 2.45) is 7.05 Å². The molecular weight excluding hydrogens is 270 g/mol. The van der Waals surface area contributed by atoms with E-state index in [4.69, 9.17) is 4.74 Å². The molecule has 21 heavy (non-hydrogen) atoms. The summed E-state index contributed by atoms with van der Waals surface area (Å²) < 4.78 is 8.51. The van der Waals surface area contributed by atoms with Gasteiger partial charge in [0, 0.05) is 26.6 Å². The Bertz CT molecular complexity index is 823. The lowest BCUT2D eigenvalue weighted by Gasteiger charge is -2.19. The molecule has 0 bridgehead atoms. The molecule has 7 heteroatoms. The van der Waals surface area contributed by atoms with Crippen LogP contribution < -0.4 is 5.56 Å². The Balaban J connectivity index is 2.18. The molecule has 3 aromatic heterocycles. The van der Waals surface area contributed by atoms with Crippen molar-refractivity contribution in [1.29, 1.82) is 0 Å². The van der Waals surface area contributed by atoms with Crippen LogP contribution >= 0.6 is 0 Å². The summed E-state index contributed by atoms with van der Waals surface area (Å²) in [6, 6.07) is 5.09. The number of hydrogen-bond donors (Lipinski definition) is 0. The van der Waals surface area contributed by atoms with E-state index in [1.165, 1.54) is 10.9 Å². The fourth-order valence-electron chi connectivity index (χ4n) is 2.36. The summed E-state index contributed by atoms with van der Waals surface area (Å²) in [5, 5.41) is 4.15. The number of rotatable bonds is 4. The van der Waals surface area contributed by atoms with Crippen molar-refractivity contribution in [1.82, 2.24) is 24.3 Å². The monoisotopic (exact) mass is 285 g/mol. The third-order valence-corrected chi connectivity index (χ3v) is 3.41. The summed E-state index contributed by atoms with van der Waals surface area (Å²) in [5.74, 6) is 0. The molecule has 3 heterocycles. The fraction of sp³-hybridized carbons (Fsp3) is 0.286. The van der Waals surface area contributed by atoms with Gasteiger partial charge in [-0.25, -0.2) is 9.97 Å². The van der Waals surface area contributed by atoms with Gasteiger partial charge in [-0.1, -0.05) is 0 Å². The van der Waals surface area contributed by atoms with Crippen LogP contribution in [0.15, 0.2) is 41.7 Å². The highest BCUT2D eigenvalue weighted by Gasteiger charge is 2.19. The Morgan fingerprint density at radius 3 is 2.86 bits per heavy atom. The summed E-state index contributed by atoms with van der Waals surface area (Å²) >= 11 is 0. The van der Waals surface area contributed by atoms with E-state index in [2.05, 4.69) is 15.1 Å². The molecule has 3 aromatic rings. The van der Waals surface area contributed by atoms with E-state index in [1.54, 1.807) is 36.3 Å².